The Morgan fingerprint density at radius 3 is 2.68 bits per heavy atom. The number of rotatable bonds is 6. The Kier molecular flexibility index (Phi) is 5.74. The fraction of sp³-hybridized carbons (Fsp3) is 0.625. The van der Waals surface area contributed by atoms with E-state index in [0.29, 0.717) is 6.04 Å². The number of aryl methyl sites for hydroxylation is 1. The first-order chi connectivity index (χ1) is 9.20. The summed E-state index contributed by atoms with van der Waals surface area (Å²) in [6, 6.07) is 9.53. The van der Waals surface area contributed by atoms with E-state index < -0.39 is 0 Å². The fourth-order valence-electron chi connectivity index (χ4n) is 2.98. The van der Waals surface area contributed by atoms with Gasteiger partial charge in [-0.3, -0.25) is 0 Å². The molecule has 0 aliphatic heterocycles. The molecule has 2 atom stereocenters. The molecular weight excluding hydrogens is 252 g/mol. The number of hydrogen-bond acceptors (Lipinski definition) is 3. The van der Waals surface area contributed by atoms with Gasteiger partial charge in [0.2, 0.25) is 0 Å². The van der Waals surface area contributed by atoms with Gasteiger partial charge in [0.05, 0.1) is 0 Å². The van der Waals surface area contributed by atoms with Gasteiger partial charge >= 0.3 is 0 Å². The van der Waals surface area contributed by atoms with E-state index in [1.807, 2.05) is 11.8 Å². The van der Waals surface area contributed by atoms with Crippen LogP contribution in [0.5, 0.6) is 0 Å². The monoisotopic (exact) mass is 278 g/mol. The number of benzene rings is 1. The lowest BCUT2D eigenvalue weighted by atomic mass is 10.0. The highest BCUT2D eigenvalue weighted by Crippen LogP contribution is 2.29. The molecule has 3 heteroatoms. The molecule has 0 heterocycles. The second kappa shape index (κ2) is 7.32. The van der Waals surface area contributed by atoms with Gasteiger partial charge in [0.1, 0.15) is 0 Å². The lowest BCUT2D eigenvalue weighted by molar-refractivity contribution is 0.211. The van der Waals surface area contributed by atoms with Crippen molar-refractivity contribution in [3.8, 4) is 0 Å². The Bertz CT molecular complexity index is 377. The number of nitrogens with zero attached hydrogens (tertiary/aromatic N) is 1. The van der Waals surface area contributed by atoms with E-state index >= 15 is 0 Å². The van der Waals surface area contributed by atoms with Gasteiger partial charge in [-0.05, 0) is 51.4 Å². The predicted octanol–water partition coefficient (Wildman–Crippen LogP) is 3.15. The van der Waals surface area contributed by atoms with E-state index in [2.05, 4.69) is 43.1 Å². The van der Waals surface area contributed by atoms with Crippen molar-refractivity contribution >= 4 is 11.8 Å². The van der Waals surface area contributed by atoms with E-state index in [4.69, 9.17) is 5.73 Å². The van der Waals surface area contributed by atoms with Gasteiger partial charge in [-0.15, -0.1) is 11.8 Å². The van der Waals surface area contributed by atoms with Gasteiger partial charge in [0.25, 0.3) is 0 Å². The zero-order valence-corrected chi connectivity index (χ0v) is 13.0. The van der Waals surface area contributed by atoms with Crippen molar-refractivity contribution in [2.24, 2.45) is 11.7 Å². The van der Waals surface area contributed by atoms with Gasteiger partial charge in [-0.2, -0.15) is 0 Å². The molecule has 2 nitrogen and oxygen atoms in total. The average Bonchev–Trinajstić information content (AvgIpc) is 2.89. The smallest absolute Gasteiger partial charge is 0.0133 e. The van der Waals surface area contributed by atoms with Crippen LogP contribution < -0.4 is 5.73 Å². The summed E-state index contributed by atoms with van der Waals surface area (Å²) in [5.74, 6) is 1.88. The van der Waals surface area contributed by atoms with Crippen LogP contribution in [0, 0.1) is 12.8 Å². The van der Waals surface area contributed by atoms with Crippen molar-refractivity contribution in [1.29, 1.82) is 0 Å². The van der Waals surface area contributed by atoms with Gasteiger partial charge < -0.3 is 10.6 Å². The van der Waals surface area contributed by atoms with E-state index in [9.17, 15) is 0 Å². The minimum atomic E-state index is 0.712. The summed E-state index contributed by atoms with van der Waals surface area (Å²) in [4.78, 5) is 3.90. The summed E-state index contributed by atoms with van der Waals surface area (Å²) in [6.07, 6.45) is 3.99. The summed E-state index contributed by atoms with van der Waals surface area (Å²) in [5, 5.41) is 0. The summed E-state index contributed by atoms with van der Waals surface area (Å²) >= 11 is 1.95. The molecule has 1 aliphatic rings. The molecule has 0 saturated heterocycles. The van der Waals surface area contributed by atoms with Crippen LogP contribution in [-0.4, -0.2) is 36.8 Å². The number of thioether (sulfide) groups is 1. The quantitative estimate of drug-likeness (QED) is 0.811. The summed E-state index contributed by atoms with van der Waals surface area (Å²) in [5.41, 5.74) is 7.20. The second-order valence-corrected chi connectivity index (χ2v) is 6.80. The highest BCUT2D eigenvalue weighted by molar-refractivity contribution is 7.99. The van der Waals surface area contributed by atoms with Crippen LogP contribution >= 0.6 is 11.8 Å². The highest BCUT2D eigenvalue weighted by Gasteiger charge is 2.28. The maximum absolute atomic E-state index is 5.86. The van der Waals surface area contributed by atoms with E-state index in [-0.39, 0.29) is 0 Å². The average molecular weight is 278 g/mol. The topological polar surface area (TPSA) is 29.3 Å². The van der Waals surface area contributed by atoms with Crippen LogP contribution in [0.25, 0.3) is 0 Å². The second-order valence-electron chi connectivity index (χ2n) is 5.64. The Morgan fingerprint density at radius 2 is 2.00 bits per heavy atom. The molecule has 19 heavy (non-hydrogen) atoms. The molecule has 1 aliphatic carbocycles. The molecule has 106 valence electrons. The van der Waals surface area contributed by atoms with Gasteiger partial charge in [-0.1, -0.05) is 24.1 Å². The normalized spacial score (nSPS) is 23.2. The van der Waals surface area contributed by atoms with E-state index in [1.54, 1.807) is 0 Å². The maximum atomic E-state index is 5.86. The first-order valence-electron chi connectivity index (χ1n) is 7.30. The zero-order chi connectivity index (χ0) is 13.7. The van der Waals surface area contributed by atoms with E-state index in [0.717, 1.165) is 24.8 Å². The predicted molar refractivity (Wildman–Crippen MR) is 84.7 cm³/mol. The van der Waals surface area contributed by atoms with Crippen LogP contribution in [0.1, 0.15) is 24.8 Å². The Morgan fingerprint density at radius 1 is 1.26 bits per heavy atom. The standard InChI is InChI=1S/C16H26N2S/c1-13-6-8-15(9-7-13)19-11-10-18(2)16-5-3-4-14(16)12-17/h6-9,14,16H,3-5,10-12,17H2,1-2H3. The molecule has 1 saturated carbocycles. The van der Waals surface area contributed by atoms with Crippen LogP contribution in [0.15, 0.2) is 29.2 Å². The Hall–Kier alpha value is -0.510. The molecule has 2 N–H and O–H groups in total. The molecule has 0 amide bonds. The van der Waals surface area contributed by atoms with Crippen molar-refractivity contribution in [3.05, 3.63) is 29.8 Å². The van der Waals surface area contributed by atoms with Crippen LogP contribution in [0.3, 0.4) is 0 Å². The third kappa shape index (κ3) is 4.23. The van der Waals surface area contributed by atoms with Crippen LogP contribution in [0.4, 0.5) is 0 Å². The molecule has 1 aromatic rings. The first kappa shape index (κ1) is 14.9. The number of hydrogen-bond donors (Lipinski definition) is 1. The minimum Gasteiger partial charge on any atom is -0.330 e. The van der Waals surface area contributed by atoms with Crippen molar-refractivity contribution in [3.63, 3.8) is 0 Å². The van der Waals surface area contributed by atoms with Crippen LogP contribution in [-0.2, 0) is 0 Å². The SMILES string of the molecule is Cc1ccc(SCCN(C)C2CCCC2CN)cc1. The van der Waals surface area contributed by atoms with Crippen molar-refractivity contribution in [2.75, 3.05) is 25.9 Å². The van der Waals surface area contributed by atoms with Crippen molar-refractivity contribution in [2.45, 2.75) is 37.1 Å². The molecular formula is C16H26N2S. The third-order valence-corrected chi connectivity index (χ3v) is 5.21. The zero-order valence-electron chi connectivity index (χ0n) is 12.1. The Balaban J connectivity index is 1.74. The number of nitrogens with two attached hydrogens (primary N) is 1. The summed E-state index contributed by atoms with van der Waals surface area (Å²) in [7, 11) is 2.26. The lowest BCUT2D eigenvalue weighted by Gasteiger charge is -2.28. The first-order valence-corrected chi connectivity index (χ1v) is 8.29. The maximum Gasteiger partial charge on any atom is 0.0133 e. The molecule has 2 rings (SSSR count). The molecule has 0 spiro atoms. The minimum absolute atomic E-state index is 0.712. The molecule has 1 fully saturated rings. The van der Waals surface area contributed by atoms with Gasteiger partial charge in [-0.25, -0.2) is 0 Å². The molecule has 2 unspecified atom stereocenters. The van der Waals surface area contributed by atoms with Gasteiger partial charge in [0, 0.05) is 23.2 Å². The lowest BCUT2D eigenvalue weighted by Crippen LogP contribution is -2.38. The third-order valence-electron chi connectivity index (χ3n) is 4.22. The van der Waals surface area contributed by atoms with Crippen molar-refractivity contribution < 1.29 is 0 Å². The van der Waals surface area contributed by atoms with Gasteiger partial charge in [0.15, 0.2) is 0 Å². The summed E-state index contributed by atoms with van der Waals surface area (Å²) in [6.45, 7) is 4.13. The molecule has 0 aromatic heterocycles. The molecule has 0 bridgehead atoms. The summed E-state index contributed by atoms with van der Waals surface area (Å²) < 4.78 is 0. The highest BCUT2D eigenvalue weighted by atomic mass is 32.2. The van der Waals surface area contributed by atoms with E-state index in [1.165, 1.54) is 29.7 Å². The Labute approximate surface area is 121 Å². The largest absolute Gasteiger partial charge is 0.330 e. The molecule has 1 aromatic carbocycles. The molecule has 0 radical (unpaired) electrons. The van der Waals surface area contributed by atoms with Crippen LogP contribution in [0.2, 0.25) is 0 Å². The fourth-order valence-corrected chi connectivity index (χ4v) is 3.92. The van der Waals surface area contributed by atoms with Crippen molar-refractivity contribution in [1.82, 2.24) is 4.90 Å².